The number of nitrogens with zero attached hydrogens (tertiary/aromatic N) is 4. The van der Waals surface area contributed by atoms with Crippen LogP contribution in [-0.2, 0) is 0 Å². The first-order chi connectivity index (χ1) is 10.8. The van der Waals surface area contributed by atoms with Gasteiger partial charge in [0.1, 0.15) is 5.52 Å². The minimum absolute atomic E-state index is 0.204. The molecule has 4 rings (SSSR count). The van der Waals surface area contributed by atoms with Gasteiger partial charge in [-0.15, -0.1) is 0 Å². The van der Waals surface area contributed by atoms with Crippen LogP contribution >= 0.6 is 0 Å². The SMILES string of the molecule is Fc1cnc(N2CCCC(c3nc4ccccc4o3)C2)nc1. The number of halogens is 1. The first-order valence-electron chi connectivity index (χ1n) is 7.37. The van der Waals surface area contributed by atoms with Crippen molar-refractivity contribution in [1.29, 1.82) is 0 Å². The van der Waals surface area contributed by atoms with Gasteiger partial charge < -0.3 is 9.32 Å². The second-order valence-corrected chi connectivity index (χ2v) is 5.51. The number of aromatic nitrogens is 3. The predicted octanol–water partition coefficient (Wildman–Crippen LogP) is 3.14. The molecular formula is C16H15FN4O. The highest BCUT2D eigenvalue weighted by molar-refractivity contribution is 5.72. The van der Waals surface area contributed by atoms with Crippen LogP contribution in [0.1, 0.15) is 24.7 Å². The van der Waals surface area contributed by atoms with Gasteiger partial charge in [0, 0.05) is 13.1 Å². The molecule has 1 fully saturated rings. The lowest BCUT2D eigenvalue weighted by Gasteiger charge is -2.31. The monoisotopic (exact) mass is 298 g/mol. The van der Waals surface area contributed by atoms with Crippen molar-refractivity contribution >= 4 is 17.0 Å². The molecule has 0 radical (unpaired) electrons. The molecule has 1 atom stereocenters. The molecule has 1 aromatic carbocycles. The molecule has 112 valence electrons. The summed E-state index contributed by atoms with van der Waals surface area (Å²) < 4.78 is 18.8. The van der Waals surface area contributed by atoms with Crippen molar-refractivity contribution in [2.45, 2.75) is 18.8 Å². The van der Waals surface area contributed by atoms with E-state index in [1.165, 1.54) is 12.4 Å². The molecule has 0 spiro atoms. The smallest absolute Gasteiger partial charge is 0.225 e. The molecule has 22 heavy (non-hydrogen) atoms. The Hall–Kier alpha value is -2.50. The van der Waals surface area contributed by atoms with Gasteiger partial charge >= 0.3 is 0 Å². The average Bonchev–Trinajstić information content (AvgIpc) is 3.00. The molecule has 0 aliphatic carbocycles. The lowest BCUT2D eigenvalue weighted by molar-refractivity contribution is 0.410. The molecule has 0 N–H and O–H groups in total. The van der Waals surface area contributed by atoms with Crippen molar-refractivity contribution in [3.63, 3.8) is 0 Å². The van der Waals surface area contributed by atoms with Crippen LogP contribution in [0.4, 0.5) is 10.3 Å². The summed E-state index contributed by atoms with van der Waals surface area (Å²) in [6, 6.07) is 7.77. The molecule has 0 amide bonds. The minimum atomic E-state index is -0.420. The molecule has 0 bridgehead atoms. The Kier molecular flexibility index (Phi) is 3.21. The third kappa shape index (κ3) is 2.41. The van der Waals surface area contributed by atoms with Crippen molar-refractivity contribution in [2.75, 3.05) is 18.0 Å². The fourth-order valence-electron chi connectivity index (χ4n) is 2.89. The summed E-state index contributed by atoms with van der Waals surface area (Å²) in [5.74, 6) is 1.10. The maximum atomic E-state index is 12.9. The maximum Gasteiger partial charge on any atom is 0.225 e. The molecule has 3 aromatic rings. The molecule has 1 unspecified atom stereocenters. The summed E-state index contributed by atoms with van der Waals surface area (Å²) in [5.41, 5.74) is 1.69. The Morgan fingerprint density at radius 2 is 2.00 bits per heavy atom. The molecule has 6 heteroatoms. The molecule has 3 heterocycles. The lowest BCUT2D eigenvalue weighted by atomic mass is 9.98. The van der Waals surface area contributed by atoms with Gasteiger partial charge in [-0.25, -0.2) is 19.3 Å². The minimum Gasteiger partial charge on any atom is -0.440 e. The van der Waals surface area contributed by atoms with Gasteiger partial charge in [-0.2, -0.15) is 0 Å². The van der Waals surface area contributed by atoms with E-state index in [-0.39, 0.29) is 5.92 Å². The lowest BCUT2D eigenvalue weighted by Crippen LogP contribution is -2.35. The van der Waals surface area contributed by atoms with E-state index < -0.39 is 5.82 Å². The number of hydrogen-bond donors (Lipinski definition) is 0. The predicted molar refractivity (Wildman–Crippen MR) is 80.2 cm³/mol. The van der Waals surface area contributed by atoms with Gasteiger partial charge in [-0.3, -0.25) is 0 Å². The van der Waals surface area contributed by atoms with Crippen LogP contribution in [0.15, 0.2) is 41.1 Å². The van der Waals surface area contributed by atoms with Crippen molar-refractivity contribution in [3.8, 4) is 0 Å². The van der Waals surface area contributed by atoms with Crippen LogP contribution in [0, 0.1) is 5.82 Å². The van der Waals surface area contributed by atoms with E-state index in [0.717, 1.165) is 42.9 Å². The maximum absolute atomic E-state index is 12.9. The van der Waals surface area contributed by atoms with Crippen molar-refractivity contribution in [1.82, 2.24) is 15.0 Å². The number of hydrogen-bond acceptors (Lipinski definition) is 5. The van der Waals surface area contributed by atoms with Gasteiger partial charge in [-0.1, -0.05) is 12.1 Å². The highest BCUT2D eigenvalue weighted by Crippen LogP contribution is 2.30. The molecule has 1 aliphatic rings. The van der Waals surface area contributed by atoms with Crippen LogP contribution in [0.5, 0.6) is 0 Å². The fourth-order valence-corrected chi connectivity index (χ4v) is 2.89. The fraction of sp³-hybridized carbons (Fsp3) is 0.312. The van der Waals surface area contributed by atoms with E-state index in [1.807, 2.05) is 24.3 Å². The number of oxazole rings is 1. The van der Waals surface area contributed by atoms with Crippen LogP contribution in [0.2, 0.25) is 0 Å². The number of fused-ring (bicyclic) bond motifs is 1. The van der Waals surface area contributed by atoms with Crippen LogP contribution < -0.4 is 4.90 Å². The molecule has 5 nitrogen and oxygen atoms in total. The van der Waals surface area contributed by atoms with Crippen molar-refractivity contribution in [2.24, 2.45) is 0 Å². The molecule has 1 aliphatic heterocycles. The average molecular weight is 298 g/mol. The second kappa shape index (κ2) is 5.36. The summed E-state index contributed by atoms with van der Waals surface area (Å²) in [6.07, 6.45) is 4.42. The Bertz CT molecular complexity index is 753. The quantitative estimate of drug-likeness (QED) is 0.727. The van der Waals surface area contributed by atoms with E-state index in [2.05, 4.69) is 19.9 Å². The van der Waals surface area contributed by atoms with E-state index in [4.69, 9.17) is 4.42 Å². The summed E-state index contributed by atoms with van der Waals surface area (Å²) in [6.45, 7) is 1.60. The number of piperidine rings is 1. The number of anilines is 1. The Morgan fingerprint density at radius 1 is 1.18 bits per heavy atom. The normalized spacial score (nSPS) is 18.8. The first kappa shape index (κ1) is 13.2. The van der Waals surface area contributed by atoms with E-state index in [0.29, 0.717) is 5.95 Å². The molecular weight excluding hydrogens is 283 g/mol. The van der Waals surface area contributed by atoms with Crippen molar-refractivity contribution in [3.05, 3.63) is 48.4 Å². The summed E-state index contributed by atoms with van der Waals surface area (Å²) in [7, 11) is 0. The van der Waals surface area contributed by atoms with Gasteiger partial charge in [0.15, 0.2) is 17.3 Å². The Labute approximate surface area is 126 Å². The highest BCUT2D eigenvalue weighted by atomic mass is 19.1. The van der Waals surface area contributed by atoms with Crippen molar-refractivity contribution < 1.29 is 8.81 Å². The number of para-hydroxylation sites is 2. The molecule has 2 aromatic heterocycles. The Balaban J connectivity index is 1.58. The molecule has 0 saturated carbocycles. The number of rotatable bonds is 2. The zero-order valence-electron chi connectivity index (χ0n) is 11.9. The first-order valence-corrected chi connectivity index (χ1v) is 7.37. The third-order valence-corrected chi connectivity index (χ3v) is 3.97. The summed E-state index contributed by atoms with van der Waals surface area (Å²) >= 11 is 0. The topological polar surface area (TPSA) is 55.1 Å². The Morgan fingerprint density at radius 3 is 2.82 bits per heavy atom. The molecule has 1 saturated heterocycles. The van der Waals surface area contributed by atoms with Crippen LogP contribution in [-0.4, -0.2) is 28.0 Å². The van der Waals surface area contributed by atoms with Crippen LogP contribution in [0.3, 0.4) is 0 Å². The van der Waals surface area contributed by atoms with E-state index >= 15 is 0 Å². The summed E-state index contributed by atoms with van der Waals surface area (Å²) in [4.78, 5) is 14.8. The standard InChI is InChI=1S/C16H15FN4O/c17-12-8-18-16(19-9-12)21-7-3-4-11(10-21)15-20-13-5-1-2-6-14(13)22-15/h1-2,5-6,8-9,11H,3-4,7,10H2. The van der Waals surface area contributed by atoms with Gasteiger partial charge in [0.05, 0.1) is 18.3 Å². The van der Waals surface area contributed by atoms with E-state index in [1.54, 1.807) is 0 Å². The largest absolute Gasteiger partial charge is 0.440 e. The van der Waals surface area contributed by atoms with Crippen LogP contribution in [0.25, 0.3) is 11.1 Å². The van der Waals surface area contributed by atoms with Gasteiger partial charge in [0.2, 0.25) is 5.95 Å². The zero-order chi connectivity index (χ0) is 14.9. The number of benzene rings is 1. The highest BCUT2D eigenvalue weighted by Gasteiger charge is 2.26. The summed E-state index contributed by atoms with van der Waals surface area (Å²) in [5, 5.41) is 0. The van der Waals surface area contributed by atoms with E-state index in [9.17, 15) is 4.39 Å². The van der Waals surface area contributed by atoms with Gasteiger partial charge in [-0.05, 0) is 25.0 Å². The third-order valence-electron chi connectivity index (χ3n) is 3.97. The second-order valence-electron chi connectivity index (χ2n) is 5.51. The zero-order valence-corrected chi connectivity index (χ0v) is 11.9. The van der Waals surface area contributed by atoms with Gasteiger partial charge in [0.25, 0.3) is 0 Å².